The van der Waals surface area contributed by atoms with Gasteiger partial charge >= 0.3 is 0 Å². The highest BCUT2D eigenvalue weighted by Crippen LogP contribution is 2.21. The van der Waals surface area contributed by atoms with Gasteiger partial charge in [0.05, 0.1) is 11.0 Å². The van der Waals surface area contributed by atoms with Gasteiger partial charge in [-0.2, -0.15) is 0 Å². The van der Waals surface area contributed by atoms with Gasteiger partial charge in [-0.3, -0.25) is 4.79 Å². The van der Waals surface area contributed by atoms with Crippen molar-refractivity contribution in [1.82, 2.24) is 14.5 Å². The van der Waals surface area contributed by atoms with Gasteiger partial charge in [0, 0.05) is 38.0 Å². The topological polar surface area (TPSA) is 38.1 Å². The number of hydrogen-bond donors (Lipinski definition) is 0. The van der Waals surface area contributed by atoms with Crippen LogP contribution in [-0.4, -0.2) is 27.4 Å². The molecule has 5 heteroatoms. The third-order valence-electron chi connectivity index (χ3n) is 5.22. The lowest BCUT2D eigenvalue weighted by molar-refractivity contribution is -0.130. The molecule has 0 radical (unpaired) electrons. The maximum absolute atomic E-state index is 12.8. The SMILES string of the molecule is CN(Cc1ccccc1)C(=O)CCn1c(Cc2cccc(Cl)c2)nc2ccccc21. The van der Waals surface area contributed by atoms with Gasteiger partial charge in [0.25, 0.3) is 0 Å². The van der Waals surface area contributed by atoms with Gasteiger partial charge in [-0.05, 0) is 35.4 Å². The fourth-order valence-electron chi connectivity index (χ4n) is 3.68. The number of aromatic nitrogens is 2. The third kappa shape index (κ3) is 4.71. The first-order valence-corrected chi connectivity index (χ1v) is 10.4. The summed E-state index contributed by atoms with van der Waals surface area (Å²) in [6.07, 6.45) is 1.09. The summed E-state index contributed by atoms with van der Waals surface area (Å²) in [5.74, 6) is 1.06. The Bertz CT molecular complexity index is 1150. The minimum Gasteiger partial charge on any atom is -0.341 e. The zero-order chi connectivity index (χ0) is 20.9. The maximum Gasteiger partial charge on any atom is 0.224 e. The van der Waals surface area contributed by atoms with Gasteiger partial charge in [-0.15, -0.1) is 0 Å². The molecule has 0 saturated heterocycles. The Balaban J connectivity index is 1.52. The molecule has 0 atom stereocenters. The number of carbonyl (C=O) groups excluding carboxylic acids is 1. The quantitative estimate of drug-likeness (QED) is 0.407. The van der Waals surface area contributed by atoms with Crippen LogP contribution < -0.4 is 0 Å². The largest absolute Gasteiger partial charge is 0.341 e. The van der Waals surface area contributed by atoms with Crippen molar-refractivity contribution in [2.75, 3.05) is 7.05 Å². The number of carbonyl (C=O) groups is 1. The molecule has 1 aromatic heterocycles. The van der Waals surface area contributed by atoms with Crippen LogP contribution in [0.5, 0.6) is 0 Å². The van der Waals surface area contributed by atoms with Crippen molar-refractivity contribution in [2.45, 2.75) is 25.9 Å². The molecular weight excluding hydrogens is 394 g/mol. The van der Waals surface area contributed by atoms with E-state index >= 15 is 0 Å². The number of benzene rings is 3. The average molecular weight is 418 g/mol. The van der Waals surface area contributed by atoms with E-state index < -0.39 is 0 Å². The van der Waals surface area contributed by atoms with Gasteiger partial charge in [-0.1, -0.05) is 66.2 Å². The highest BCUT2D eigenvalue weighted by molar-refractivity contribution is 6.30. The van der Waals surface area contributed by atoms with Crippen molar-refractivity contribution < 1.29 is 4.79 Å². The molecule has 0 aliphatic rings. The minimum absolute atomic E-state index is 0.116. The summed E-state index contributed by atoms with van der Waals surface area (Å²) < 4.78 is 2.16. The first-order valence-electron chi connectivity index (χ1n) is 10.1. The van der Waals surface area contributed by atoms with Gasteiger partial charge in [0.15, 0.2) is 0 Å². The average Bonchev–Trinajstić information content (AvgIpc) is 3.09. The van der Waals surface area contributed by atoms with E-state index in [0.717, 1.165) is 28.0 Å². The zero-order valence-electron chi connectivity index (χ0n) is 17.0. The fourth-order valence-corrected chi connectivity index (χ4v) is 3.90. The van der Waals surface area contributed by atoms with E-state index in [1.54, 1.807) is 4.90 Å². The van der Waals surface area contributed by atoms with Crippen LogP contribution in [0.1, 0.15) is 23.4 Å². The van der Waals surface area contributed by atoms with Crippen molar-refractivity contribution >= 4 is 28.5 Å². The van der Waals surface area contributed by atoms with Gasteiger partial charge < -0.3 is 9.47 Å². The lowest BCUT2D eigenvalue weighted by Crippen LogP contribution is -2.27. The highest BCUT2D eigenvalue weighted by Gasteiger charge is 2.15. The molecule has 4 rings (SSSR count). The van der Waals surface area contributed by atoms with Crippen LogP contribution in [0.4, 0.5) is 0 Å². The monoisotopic (exact) mass is 417 g/mol. The second kappa shape index (κ2) is 9.14. The van der Waals surface area contributed by atoms with E-state index in [9.17, 15) is 4.79 Å². The number of hydrogen-bond acceptors (Lipinski definition) is 2. The molecular formula is C25H24ClN3O. The number of amides is 1. The lowest BCUT2D eigenvalue weighted by Gasteiger charge is -2.18. The first-order chi connectivity index (χ1) is 14.6. The molecule has 0 bridgehead atoms. The van der Waals surface area contributed by atoms with Crippen molar-refractivity contribution in [3.8, 4) is 0 Å². The van der Waals surface area contributed by atoms with E-state index in [4.69, 9.17) is 16.6 Å². The van der Waals surface area contributed by atoms with E-state index in [1.165, 1.54) is 0 Å². The normalized spacial score (nSPS) is 11.0. The van der Waals surface area contributed by atoms with E-state index in [2.05, 4.69) is 10.6 Å². The number of rotatable bonds is 7. The fraction of sp³-hybridized carbons (Fsp3) is 0.200. The molecule has 1 amide bonds. The standard InChI is InChI=1S/C25H24ClN3O/c1-28(18-19-8-3-2-4-9-19)25(30)14-15-29-23-13-6-5-12-22(23)27-24(29)17-20-10-7-11-21(26)16-20/h2-13,16H,14-15,17-18H2,1H3. The van der Waals surface area contributed by atoms with Crippen LogP contribution in [0.3, 0.4) is 0 Å². The molecule has 3 aromatic carbocycles. The molecule has 0 fully saturated rings. The van der Waals surface area contributed by atoms with Crippen LogP contribution in [0.15, 0.2) is 78.9 Å². The molecule has 30 heavy (non-hydrogen) atoms. The summed E-state index contributed by atoms with van der Waals surface area (Å²) in [6, 6.07) is 25.9. The Morgan fingerprint density at radius 2 is 1.70 bits per heavy atom. The molecule has 4 nitrogen and oxygen atoms in total. The van der Waals surface area contributed by atoms with E-state index in [0.29, 0.717) is 31.0 Å². The number of halogens is 1. The number of nitrogens with zero attached hydrogens (tertiary/aromatic N) is 3. The Morgan fingerprint density at radius 1 is 0.967 bits per heavy atom. The second-order valence-electron chi connectivity index (χ2n) is 7.46. The summed E-state index contributed by atoms with van der Waals surface area (Å²) in [7, 11) is 1.86. The molecule has 0 spiro atoms. The number of imidazole rings is 1. The Labute approximate surface area is 181 Å². The zero-order valence-corrected chi connectivity index (χ0v) is 17.7. The van der Waals surface area contributed by atoms with E-state index in [-0.39, 0.29) is 5.91 Å². The summed E-state index contributed by atoms with van der Waals surface area (Å²) >= 11 is 6.16. The van der Waals surface area contributed by atoms with Crippen LogP contribution in [0.2, 0.25) is 5.02 Å². The number of aryl methyl sites for hydroxylation is 1. The molecule has 0 aliphatic carbocycles. The van der Waals surface area contributed by atoms with Crippen molar-refractivity contribution in [2.24, 2.45) is 0 Å². The summed E-state index contributed by atoms with van der Waals surface area (Å²) in [4.78, 5) is 19.4. The molecule has 1 heterocycles. The predicted molar refractivity (Wildman–Crippen MR) is 122 cm³/mol. The van der Waals surface area contributed by atoms with Crippen LogP contribution >= 0.6 is 11.6 Å². The highest BCUT2D eigenvalue weighted by atomic mass is 35.5. The van der Waals surface area contributed by atoms with E-state index in [1.807, 2.05) is 79.8 Å². The Kier molecular flexibility index (Phi) is 6.15. The number of fused-ring (bicyclic) bond motifs is 1. The second-order valence-corrected chi connectivity index (χ2v) is 7.90. The van der Waals surface area contributed by atoms with Crippen molar-refractivity contribution in [1.29, 1.82) is 0 Å². The van der Waals surface area contributed by atoms with Crippen molar-refractivity contribution in [3.63, 3.8) is 0 Å². The molecule has 0 aliphatic heterocycles. The Hall–Kier alpha value is -3.11. The molecule has 0 N–H and O–H groups in total. The predicted octanol–water partition coefficient (Wildman–Crippen LogP) is 5.33. The first kappa shape index (κ1) is 20.2. The van der Waals surface area contributed by atoms with Crippen LogP contribution in [0.25, 0.3) is 11.0 Å². The van der Waals surface area contributed by atoms with Crippen LogP contribution in [-0.2, 0) is 24.3 Å². The summed E-state index contributed by atoms with van der Waals surface area (Å²) in [5, 5.41) is 0.716. The molecule has 0 unspecified atom stereocenters. The molecule has 0 saturated carbocycles. The van der Waals surface area contributed by atoms with Gasteiger partial charge in [0.1, 0.15) is 5.82 Å². The minimum atomic E-state index is 0.116. The summed E-state index contributed by atoms with van der Waals surface area (Å²) in [5.41, 5.74) is 4.22. The van der Waals surface area contributed by atoms with Gasteiger partial charge in [0.2, 0.25) is 5.91 Å². The smallest absolute Gasteiger partial charge is 0.224 e. The molecule has 152 valence electrons. The third-order valence-corrected chi connectivity index (χ3v) is 5.46. The summed E-state index contributed by atoms with van der Waals surface area (Å²) in [6.45, 7) is 1.20. The van der Waals surface area contributed by atoms with Crippen molar-refractivity contribution in [3.05, 3.63) is 101 Å². The Morgan fingerprint density at radius 3 is 2.50 bits per heavy atom. The van der Waals surface area contributed by atoms with Gasteiger partial charge in [-0.25, -0.2) is 4.98 Å². The lowest BCUT2D eigenvalue weighted by atomic mass is 10.1. The van der Waals surface area contributed by atoms with Crippen LogP contribution in [0, 0.1) is 0 Å². The molecule has 4 aromatic rings. The number of para-hydroxylation sites is 2. The maximum atomic E-state index is 12.8.